The van der Waals surface area contributed by atoms with Gasteiger partial charge < -0.3 is 10.0 Å². The highest BCUT2D eigenvalue weighted by Gasteiger charge is 2.50. The number of hydrogen-bond acceptors (Lipinski definition) is 3. The van der Waals surface area contributed by atoms with Gasteiger partial charge in [0.05, 0.1) is 18.7 Å². The van der Waals surface area contributed by atoms with Gasteiger partial charge in [-0.2, -0.15) is 0 Å². The first-order valence-corrected chi connectivity index (χ1v) is 9.37. The molecular formula is C24H20FNO3. The zero-order chi connectivity index (χ0) is 20.6. The van der Waals surface area contributed by atoms with Gasteiger partial charge in [0.15, 0.2) is 11.4 Å². The molecule has 1 aliphatic rings. The van der Waals surface area contributed by atoms with Crippen LogP contribution in [0.1, 0.15) is 33.5 Å². The third kappa shape index (κ3) is 3.45. The van der Waals surface area contributed by atoms with Crippen LogP contribution in [0.15, 0.2) is 72.8 Å². The third-order valence-corrected chi connectivity index (χ3v) is 5.28. The van der Waals surface area contributed by atoms with Crippen molar-refractivity contribution in [1.29, 1.82) is 0 Å². The number of ketones is 1. The Labute approximate surface area is 168 Å². The smallest absolute Gasteiger partial charge is 0.264 e. The summed E-state index contributed by atoms with van der Waals surface area (Å²) in [6, 6.07) is 19.8. The minimum absolute atomic E-state index is 0.178. The molecule has 4 rings (SSSR count). The summed E-state index contributed by atoms with van der Waals surface area (Å²) in [5.41, 5.74) is 1.23. The van der Waals surface area contributed by atoms with E-state index in [0.29, 0.717) is 16.8 Å². The quantitative estimate of drug-likeness (QED) is 0.667. The van der Waals surface area contributed by atoms with E-state index in [-0.39, 0.29) is 24.6 Å². The second-order valence-corrected chi connectivity index (χ2v) is 7.36. The van der Waals surface area contributed by atoms with E-state index in [9.17, 15) is 19.1 Å². The average molecular weight is 389 g/mol. The van der Waals surface area contributed by atoms with Crippen molar-refractivity contribution in [3.63, 3.8) is 0 Å². The van der Waals surface area contributed by atoms with E-state index in [2.05, 4.69) is 0 Å². The second kappa shape index (κ2) is 7.26. The van der Waals surface area contributed by atoms with Crippen LogP contribution in [0, 0.1) is 12.7 Å². The fourth-order valence-corrected chi connectivity index (χ4v) is 3.68. The van der Waals surface area contributed by atoms with Gasteiger partial charge in [0.2, 0.25) is 0 Å². The molecule has 1 amide bonds. The van der Waals surface area contributed by atoms with Crippen molar-refractivity contribution < 1.29 is 19.1 Å². The van der Waals surface area contributed by atoms with E-state index < -0.39 is 11.5 Å². The van der Waals surface area contributed by atoms with Crippen molar-refractivity contribution in [3.05, 3.63) is 101 Å². The van der Waals surface area contributed by atoms with Gasteiger partial charge in [-0.25, -0.2) is 4.39 Å². The summed E-state index contributed by atoms with van der Waals surface area (Å²) in [4.78, 5) is 27.5. The first-order chi connectivity index (χ1) is 13.9. The van der Waals surface area contributed by atoms with Crippen LogP contribution in [0.25, 0.3) is 0 Å². The number of aryl methyl sites for hydroxylation is 1. The van der Waals surface area contributed by atoms with Crippen LogP contribution < -0.4 is 4.90 Å². The molecule has 0 saturated heterocycles. The van der Waals surface area contributed by atoms with Crippen molar-refractivity contribution in [2.24, 2.45) is 0 Å². The van der Waals surface area contributed by atoms with Crippen molar-refractivity contribution in [2.75, 3.05) is 4.90 Å². The van der Waals surface area contributed by atoms with Crippen molar-refractivity contribution >= 4 is 17.4 Å². The standard InChI is InChI=1S/C24H20FNO3/c1-16-6-10-18(11-7-16)22(27)14-24(29)20-4-2-3-5-21(20)26(23(24)28)15-17-8-12-19(25)13-9-17/h2-13,29H,14-15H2,1H3. The number of fused-ring (bicyclic) bond motifs is 1. The van der Waals surface area contributed by atoms with E-state index in [1.165, 1.54) is 17.0 Å². The van der Waals surface area contributed by atoms with E-state index in [0.717, 1.165) is 11.1 Å². The maximum atomic E-state index is 13.2. The molecule has 4 nitrogen and oxygen atoms in total. The number of rotatable bonds is 5. The monoisotopic (exact) mass is 389 g/mol. The normalized spacial score (nSPS) is 18.0. The lowest BCUT2D eigenvalue weighted by Gasteiger charge is -2.23. The molecule has 0 aliphatic carbocycles. The molecule has 29 heavy (non-hydrogen) atoms. The Kier molecular flexibility index (Phi) is 4.76. The van der Waals surface area contributed by atoms with E-state index in [1.807, 2.05) is 19.1 Å². The van der Waals surface area contributed by atoms with E-state index >= 15 is 0 Å². The number of carbonyl (C=O) groups excluding carboxylic acids is 2. The van der Waals surface area contributed by atoms with E-state index in [4.69, 9.17) is 0 Å². The van der Waals surface area contributed by atoms with Crippen molar-refractivity contribution in [3.8, 4) is 0 Å². The Balaban J connectivity index is 1.66. The minimum Gasteiger partial charge on any atom is -0.375 e. The Hall–Kier alpha value is -3.31. The fourth-order valence-electron chi connectivity index (χ4n) is 3.68. The van der Waals surface area contributed by atoms with Crippen LogP contribution in [0.3, 0.4) is 0 Å². The van der Waals surface area contributed by atoms with Crippen LogP contribution in [-0.2, 0) is 16.9 Å². The van der Waals surface area contributed by atoms with Gasteiger partial charge in [-0.3, -0.25) is 9.59 Å². The highest BCUT2D eigenvalue weighted by Crippen LogP contribution is 2.43. The van der Waals surface area contributed by atoms with E-state index in [1.54, 1.807) is 48.5 Å². The molecule has 0 aromatic heterocycles. The molecule has 0 spiro atoms. The SMILES string of the molecule is Cc1ccc(C(=O)CC2(O)C(=O)N(Cc3ccc(F)cc3)c3ccccc32)cc1. The molecule has 1 N–H and O–H groups in total. The first-order valence-electron chi connectivity index (χ1n) is 9.37. The summed E-state index contributed by atoms with van der Waals surface area (Å²) in [5, 5.41) is 11.3. The zero-order valence-electron chi connectivity index (χ0n) is 15.9. The molecule has 146 valence electrons. The van der Waals surface area contributed by atoms with Crippen LogP contribution in [-0.4, -0.2) is 16.8 Å². The lowest BCUT2D eigenvalue weighted by Crippen LogP contribution is -2.41. The largest absolute Gasteiger partial charge is 0.375 e. The number of aliphatic hydroxyl groups is 1. The molecule has 5 heteroatoms. The third-order valence-electron chi connectivity index (χ3n) is 5.28. The number of hydrogen-bond donors (Lipinski definition) is 1. The maximum Gasteiger partial charge on any atom is 0.264 e. The van der Waals surface area contributed by atoms with Gasteiger partial charge in [0.1, 0.15) is 5.82 Å². The Morgan fingerprint density at radius 1 is 1.00 bits per heavy atom. The summed E-state index contributed by atoms with van der Waals surface area (Å²) in [6.45, 7) is 2.10. The molecule has 0 radical (unpaired) electrons. The van der Waals surface area contributed by atoms with Crippen molar-refractivity contribution in [1.82, 2.24) is 0 Å². The average Bonchev–Trinajstić information content (AvgIpc) is 2.92. The Morgan fingerprint density at radius 3 is 2.34 bits per heavy atom. The maximum absolute atomic E-state index is 13.2. The van der Waals surface area contributed by atoms with Gasteiger partial charge in [0.25, 0.3) is 5.91 Å². The molecule has 1 unspecified atom stereocenters. The molecule has 0 saturated carbocycles. The van der Waals surface area contributed by atoms with Crippen LogP contribution >= 0.6 is 0 Å². The number of benzene rings is 3. The molecule has 0 fully saturated rings. The second-order valence-electron chi connectivity index (χ2n) is 7.36. The Bertz CT molecular complexity index is 1080. The van der Waals surface area contributed by atoms with Gasteiger partial charge in [-0.05, 0) is 30.7 Å². The Morgan fingerprint density at radius 2 is 1.66 bits per heavy atom. The van der Waals surface area contributed by atoms with Crippen molar-refractivity contribution in [2.45, 2.75) is 25.5 Å². The first kappa shape index (κ1) is 19.0. The van der Waals surface area contributed by atoms with Gasteiger partial charge >= 0.3 is 0 Å². The molecular weight excluding hydrogens is 369 g/mol. The van der Waals surface area contributed by atoms with Crippen LogP contribution in [0.4, 0.5) is 10.1 Å². The molecule has 0 bridgehead atoms. The number of carbonyl (C=O) groups is 2. The molecule has 3 aromatic rings. The molecule has 1 aliphatic heterocycles. The highest BCUT2D eigenvalue weighted by atomic mass is 19.1. The number of Topliss-reactive ketones (excluding diaryl/α,β-unsaturated/α-hetero) is 1. The zero-order valence-corrected chi connectivity index (χ0v) is 15.9. The van der Waals surface area contributed by atoms with Crippen LogP contribution in [0.5, 0.6) is 0 Å². The molecule has 3 aromatic carbocycles. The van der Waals surface area contributed by atoms with Gasteiger partial charge in [-0.1, -0.05) is 60.2 Å². The highest BCUT2D eigenvalue weighted by molar-refractivity contribution is 6.10. The topological polar surface area (TPSA) is 57.6 Å². The summed E-state index contributed by atoms with van der Waals surface area (Å²) in [5.74, 6) is -1.22. The fraction of sp³-hybridized carbons (Fsp3) is 0.167. The number of anilines is 1. The lowest BCUT2D eigenvalue weighted by atomic mass is 9.88. The van der Waals surface area contributed by atoms with Gasteiger partial charge in [-0.15, -0.1) is 0 Å². The number of para-hydroxylation sites is 1. The number of amides is 1. The summed E-state index contributed by atoms with van der Waals surface area (Å²) in [7, 11) is 0. The molecule has 1 heterocycles. The number of halogens is 1. The summed E-state index contributed by atoms with van der Waals surface area (Å²) in [6.07, 6.45) is -0.341. The molecule has 1 atom stereocenters. The van der Waals surface area contributed by atoms with Crippen LogP contribution in [0.2, 0.25) is 0 Å². The summed E-state index contributed by atoms with van der Waals surface area (Å²) >= 11 is 0. The minimum atomic E-state index is -1.93. The van der Waals surface area contributed by atoms with Gasteiger partial charge in [0, 0.05) is 11.1 Å². The lowest BCUT2D eigenvalue weighted by molar-refractivity contribution is -0.136. The predicted molar refractivity (Wildman–Crippen MR) is 108 cm³/mol. The predicted octanol–water partition coefficient (Wildman–Crippen LogP) is 4.14. The summed E-state index contributed by atoms with van der Waals surface area (Å²) < 4.78 is 13.2. The number of nitrogens with zero attached hydrogens (tertiary/aromatic N) is 1.